The first-order chi connectivity index (χ1) is 6.53. The van der Waals surface area contributed by atoms with Crippen LogP contribution in [0.3, 0.4) is 0 Å². The van der Waals surface area contributed by atoms with Crippen LogP contribution in [-0.4, -0.2) is 16.6 Å². The van der Waals surface area contributed by atoms with Crippen LogP contribution in [0.2, 0.25) is 0 Å². The van der Waals surface area contributed by atoms with Gasteiger partial charge in [-0.3, -0.25) is 4.98 Å². The van der Waals surface area contributed by atoms with Gasteiger partial charge in [0.1, 0.15) is 5.60 Å². The van der Waals surface area contributed by atoms with Gasteiger partial charge in [0, 0.05) is 24.0 Å². The van der Waals surface area contributed by atoms with E-state index in [0.717, 1.165) is 16.8 Å². The van der Waals surface area contributed by atoms with Crippen molar-refractivity contribution in [3.8, 4) is 0 Å². The Morgan fingerprint density at radius 3 is 2.57 bits per heavy atom. The lowest BCUT2D eigenvalue weighted by Crippen LogP contribution is -2.34. The number of nitrogens with zero attached hydrogens (tertiary/aromatic N) is 1. The summed E-state index contributed by atoms with van der Waals surface area (Å²) in [6.07, 6.45) is 2.31. The van der Waals surface area contributed by atoms with Crippen LogP contribution in [0.1, 0.15) is 30.2 Å². The van der Waals surface area contributed by atoms with Gasteiger partial charge < -0.3 is 10.8 Å². The average molecular weight is 194 g/mol. The zero-order valence-electron chi connectivity index (χ0n) is 9.04. The molecule has 0 radical (unpaired) electrons. The van der Waals surface area contributed by atoms with Crippen molar-refractivity contribution in [2.75, 3.05) is 6.54 Å². The normalized spacial score (nSPS) is 15.2. The molecule has 1 aromatic heterocycles. The van der Waals surface area contributed by atoms with Crippen LogP contribution >= 0.6 is 0 Å². The van der Waals surface area contributed by atoms with Gasteiger partial charge in [-0.05, 0) is 31.9 Å². The SMILES string of the molecule is CCC(O)(CN)c1cnc(C)c(C)c1. The van der Waals surface area contributed by atoms with Crippen molar-refractivity contribution < 1.29 is 5.11 Å². The van der Waals surface area contributed by atoms with E-state index in [0.29, 0.717) is 6.42 Å². The summed E-state index contributed by atoms with van der Waals surface area (Å²) in [5.74, 6) is 0. The van der Waals surface area contributed by atoms with Crippen molar-refractivity contribution in [3.63, 3.8) is 0 Å². The van der Waals surface area contributed by atoms with E-state index < -0.39 is 5.60 Å². The molecular weight excluding hydrogens is 176 g/mol. The van der Waals surface area contributed by atoms with Crippen molar-refractivity contribution in [2.24, 2.45) is 5.73 Å². The summed E-state index contributed by atoms with van der Waals surface area (Å²) in [5, 5.41) is 10.2. The maximum atomic E-state index is 10.2. The van der Waals surface area contributed by atoms with Crippen LogP contribution in [0.15, 0.2) is 12.3 Å². The lowest BCUT2D eigenvalue weighted by Gasteiger charge is -2.25. The zero-order chi connectivity index (χ0) is 10.8. The lowest BCUT2D eigenvalue weighted by molar-refractivity contribution is 0.0414. The van der Waals surface area contributed by atoms with Crippen molar-refractivity contribution in [1.29, 1.82) is 0 Å². The number of hydrogen-bond acceptors (Lipinski definition) is 3. The molecule has 14 heavy (non-hydrogen) atoms. The second-order valence-electron chi connectivity index (χ2n) is 3.72. The monoisotopic (exact) mass is 194 g/mol. The number of aliphatic hydroxyl groups is 1. The van der Waals surface area contributed by atoms with E-state index in [2.05, 4.69) is 4.98 Å². The predicted molar refractivity (Wildman–Crippen MR) is 57.0 cm³/mol. The van der Waals surface area contributed by atoms with Gasteiger partial charge in [0.05, 0.1) is 0 Å². The summed E-state index contributed by atoms with van der Waals surface area (Å²) in [6.45, 7) is 6.08. The van der Waals surface area contributed by atoms with Crippen LogP contribution in [0.5, 0.6) is 0 Å². The predicted octanol–water partition coefficient (Wildman–Crippen LogP) is 1.25. The van der Waals surface area contributed by atoms with Gasteiger partial charge in [-0.15, -0.1) is 0 Å². The summed E-state index contributed by atoms with van der Waals surface area (Å²) < 4.78 is 0. The fourth-order valence-electron chi connectivity index (χ4n) is 1.36. The van der Waals surface area contributed by atoms with E-state index in [4.69, 9.17) is 5.73 Å². The molecule has 0 aliphatic carbocycles. The molecule has 0 aliphatic rings. The second-order valence-corrected chi connectivity index (χ2v) is 3.72. The highest BCUT2D eigenvalue weighted by atomic mass is 16.3. The number of hydrogen-bond donors (Lipinski definition) is 2. The molecule has 0 aliphatic heterocycles. The van der Waals surface area contributed by atoms with Crippen molar-refractivity contribution in [1.82, 2.24) is 4.98 Å². The molecule has 0 saturated heterocycles. The van der Waals surface area contributed by atoms with Gasteiger partial charge in [-0.2, -0.15) is 0 Å². The summed E-state index contributed by atoms with van der Waals surface area (Å²) >= 11 is 0. The molecular formula is C11H18N2O. The van der Waals surface area contributed by atoms with E-state index in [-0.39, 0.29) is 6.54 Å². The second kappa shape index (κ2) is 4.07. The molecule has 78 valence electrons. The number of rotatable bonds is 3. The summed E-state index contributed by atoms with van der Waals surface area (Å²) in [5.41, 5.74) is 7.52. The minimum atomic E-state index is -0.925. The molecule has 1 rings (SSSR count). The smallest absolute Gasteiger partial charge is 0.103 e. The van der Waals surface area contributed by atoms with Crippen LogP contribution in [0.4, 0.5) is 0 Å². The minimum absolute atomic E-state index is 0.230. The Morgan fingerprint density at radius 1 is 1.50 bits per heavy atom. The van der Waals surface area contributed by atoms with E-state index in [1.807, 2.05) is 26.8 Å². The molecule has 0 bridgehead atoms. The van der Waals surface area contributed by atoms with Gasteiger partial charge >= 0.3 is 0 Å². The molecule has 1 atom stereocenters. The Morgan fingerprint density at radius 2 is 2.14 bits per heavy atom. The Hall–Kier alpha value is -0.930. The van der Waals surface area contributed by atoms with E-state index in [1.165, 1.54) is 0 Å². The number of pyridine rings is 1. The number of nitrogens with two attached hydrogens (primary N) is 1. The third-order valence-corrected chi connectivity index (χ3v) is 2.80. The highest BCUT2D eigenvalue weighted by molar-refractivity contribution is 5.27. The van der Waals surface area contributed by atoms with Gasteiger partial charge in [0.25, 0.3) is 0 Å². The Bertz CT molecular complexity index is 319. The quantitative estimate of drug-likeness (QED) is 0.761. The summed E-state index contributed by atoms with van der Waals surface area (Å²) in [6, 6.07) is 1.96. The first-order valence-electron chi connectivity index (χ1n) is 4.89. The van der Waals surface area contributed by atoms with Crippen molar-refractivity contribution >= 4 is 0 Å². The van der Waals surface area contributed by atoms with Gasteiger partial charge in [-0.1, -0.05) is 6.92 Å². The molecule has 1 aromatic rings. The molecule has 0 saturated carbocycles. The highest BCUT2D eigenvalue weighted by Gasteiger charge is 2.25. The third-order valence-electron chi connectivity index (χ3n) is 2.80. The highest BCUT2D eigenvalue weighted by Crippen LogP contribution is 2.24. The van der Waals surface area contributed by atoms with Crippen LogP contribution in [0, 0.1) is 13.8 Å². The molecule has 0 fully saturated rings. The minimum Gasteiger partial charge on any atom is -0.384 e. The summed E-state index contributed by atoms with van der Waals surface area (Å²) in [7, 11) is 0. The van der Waals surface area contributed by atoms with Gasteiger partial charge in [0.15, 0.2) is 0 Å². The fourth-order valence-corrected chi connectivity index (χ4v) is 1.36. The maximum Gasteiger partial charge on any atom is 0.103 e. The van der Waals surface area contributed by atoms with Crippen molar-refractivity contribution in [2.45, 2.75) is 32.8 Å². The molecule has 3 nitrogen and oxygen atoms in total. The first-order valence-corrected chi connectivity index (χ1v) is 4.89. The lowest BCUT2D eigenvalue weighted by atomic mass is 9.91. The van der Waals surface area contributed by atoms with Gasteiger partial charge in [-0.25, -0.2) is 0 Å². The van der Waals surface area contributed by atoms with E-state index in [9.17, 15) is 5.11 Å². The Kier molecular flexibility index (Phi) is 3.24. The van der Waals surface area contributed by atoms with Crippen molar-refractivity contribution in [3.05, 3.63) is 29.1 Å². The molecule has 3 N–H and O–H groups in total. The fraction of sp³-hybridized carbons (Fsp3) is 0.545. The number of aryl methyl sites for hydroxylation is 2. The van der Waals surface area contributed by atoms with E-state index >= 15 is 0 Å². The molecule has 0 amide bonds. The van der Waals surface area contributed by atoms with E-state index in [1.54, 1.807) is 6.20 Å². The maximum absolute atomic E-state index is 10.2. The van der Waals surface area contributed by atoms with Crippen LogP contribution in [-0.2, 0) is 5.60 Å². The third kappa shape index (κ3) is 1.94. The Balaban J connectivity index is 3.12. The average Bonchev–Trinajstić information content (AvgIpc) is 2.21. The topological polar surface area (TPSA) is 59.1 Å². The van der Waals surface area contributed by atoms with Crippen LogP contribution in [0.25, 0.3) is 0 Å². The molecule has 3 heteroatoms. The molecule has 1 heterocycles. The van der Waals surface area contributed by atoms with Gasteiger partial charge in [0.2, 0.25) is 0 Å². The number of aromatic nitrogens is 1. The Labute approximate surface area is 85.0 Å². The zero-order valence-corrected chi connectivity index (χ0v) is 9.04. The summed E-state index contributed by atoms with van der Waals surface area (Å²) in [4.78, 5) is 4.23. The van der Waals surface area contributed by atoms with Crippen LogP contribution < -0.4 is 5.73 Å². The molecule has 0 aromatic carbocycles. The largest absolute Gasteiger partial charge is 0.384 e. The molecule has 0 spiro atoms. The molecule has 1 unspecified atom stereocenters. The standard InChI is InChI=1S/C11H18N2O/c1-4-11(14,7-12)10-5-8(2)9(3)13-6-10/h5-6,14H,4,7,12H2,1-3H3. The first kappa shape index (κ1) is 11.1.